The molecule has 11 atom stereocenters. The van der Waals surface area contributed by atoms with E-state index in [1.807, 2.05) is 0 Å². The van der Waals surface area contributed by atoms with Gasteiger partial charge in [0.05, 0.1) is 31.9 Å². The van der Waals surface area contributed by atoms with E-state index in [0.29, 0.717) is 6.42 Å². The highest BCUT2D eigenvalue weighted by atomic mass is 16.4. The molecule has 0 heterocycles. The van der Waals surface area contributed by atoms with Gasteiger partial charge in [-0.1, -0.05) is 48.0 Å². The van der Waals surface area contributed by atoms with Crippen LogP contribution in [0, 0.1) is 17.8 Å². The molecule has 0 fully saturated rings. The zero-order chi connectivity index (χ0) is 61.6. The Bertz CT molecular complexity index is 2170. The van der Waals surface area contributed by atoms with E-state index < -0.39 is 194 Å². The first-order valence-corrected chi connectivity index (χ1v) is 26.1. The number of hydrogen-bond donors (Lipinski definition) is 18. The summed E-state index contributed by atoms with van der Waals surface area (Å²) in [7, 11) is 0. The highest BCUT2D eigenvalue weighted by Crippen LogP contribution is 2.13. The molecule has 0 radical (unpaired) electrons. The molecule has 454 valence electrons. The number of rotatable bonds is 41. The number of aliphatic hydroxyl groups is 1. The van der Waals surface area contributed by atoms with Crippen LogP contribution < -0.4 is 82.3 Å². The number of carbonyl (C=O) groups is 14. The second-order valence-electron chi connectivity index (χ2n) is 19.8. The SMILES string of the molecule is CC[C@H](C)[C@H](NC(=O)[C@H](CO)NC(=O)[C@@H](NC(=O)[C@@H](N)C(C)C)C(C)C)C(=O)N[C@@H](CC(N)=O)C(=O)N[C@@H](CCCCN)C(=O)N[C@@H](CCC(N)=O)C(=O)N[C@@H](CC(=O)O)C(=O)N[C@@H](CC(N)=O)C(=O)N[C@@H](CCCCN)C(=O)O. The monoisotopic (exact) mass is 1140 g/mol. The lowest BCUT2D eigenvalue weighted by Gasteiger charge is -2.29. The van der Waals surface area contributed by atoms with Crippen LogP contribution in [-0.2, 0) is 67.1 Å². The minimum atomic E-state index is -2.09. The number of nitrogens with two attached hydrogens (primary N) is 6. The summed E-state index contributed by atoms with van der Waals surface area (Å²) >= 11 is 0. The fourth-order valence-electron chi connectivity index (χ4n) is 7.39. The smallest absolute Gasteiger partial charge is 0.326 e. The van der Waals surface area contributed by atoms with Crippen molar-refractivity contribution in [1.82, 2.24) is 47.9 Å². The topological polar surface area (TPSA) is 564 Å². The third-order valence-corrected chi connectivity index (χ3v) is 12.4. The molecular weight excluding hydrogens is 1060 g/mol. The van der Waals surface area contributed by atoms with Gasteiger partial charge in [0.25, 0.3) is 0 Å². The Hall–Kier alpha value is -7.58. The second-order valence-corrected chi connectivity index (χ2v) is 19.8. The van der Waals surface area contributed by atoms with Crippen molar-refractivity contribution in [1.29, 1.82) is 0 Å². The van der Waals surface area contributed by atoms with Gasteiger partial charge in [0.15, 0.2) is 0 Å². The fourth-order valence-corrected chi connectivity index (χ4v) is 7.39. The van der Waals surface area contributed by atoms with Gasteiger partial charge in [-0.15, -0.1) is 0 Å². The number of unbranched alkanes of at least 4 members (excludes halogenated alkanes) is 2. The molecule has 32 heteroatoms. The Kier molecular flexibility index (Phi) is 33.8. The maximum Gasteiger partial charge on any atom is 0.326 e. The highest BCUT2D eigenvalue weighted by Gasteiger charge is 2.38. The Labute approximate surface area is 463 Å². The molecule has 32 nitrogen and oxygen atoms in total. The van der Waals surface area contributed by atoms with Crippen LogP contribution in [0.3, 0.4) is 0 Å². The third-order valence-electron chi connectivity index (χ3n) is 12.4. The summed E-state index contributed by atoms with van der Waals surface area (Å²) in [6, 6.07) is -16.2. The molecule has 12 amide bonds. The summed E-state index contributed by atoms with van der Waals surface area (Å²) in [4.78, 5) is 183. The lowest BCUT2D eigenvalue weighted by molar-refractivity contribution is -0.143. The summed E-state index contributed by atoms with van der Waals surface area (Å²) in [6.07, 6.45) is -3.27. The molecule has 0 aliphatic heterocycles. The van der Waals surface area contributed by atoms with E-state index in [9.17, 15) is 82.4 Å². The van der Waals surface area contributed by atoms with Crippen LogP contribution in [0.2, 0.25) is 0 Å². The van der Waals surface area contributed by atoms with Gasteiger partial charge < -0.3 is 97.6 Å². The molecule has 0 aromatic rings. The van der Waals surface area contributed by atoms with Crippen molar-refractivity contribution in [2.45, 2.75) is 179 Å². The molecule has 0 aliphatic rings. The van der Waals surface area contributed by atoms with Crippen molar-refractivity contribution in [3.05, 3.63) is 0 Å². The van der Waals surface area contributed by atoms with Crippen molar-refractivity contribution < 1.29 is 82.4 Å². The summed E-state index contributed by atoms with van der Waals surface area (Å²) < 4.78 is 0. The van der Waals surface area contributed by atoms with Gasteiger partial charge in [-0.2, -0.15) is 0 Å². The average Bonchev–Trinajstić information content (AvgIpc) is 3.36. The van der Waals surface area contributed by atoms with Crippen LogP contribution in [0.1, 0.15) is 119 Å². The van der Waals surface area contributed by atoms with Gasteiger partial charge in [0.1, 0.15) is 54.4 Å². The molecule has 0 bridgehead atoms. The Morgan fingerprint density at radius 3 is 1.16 bits per heavy atom. The second kappa shape index (κ2) is 37.3. The number of primary amides is 3. The predicted molar refractivity (Wildman–Crippen MR) is 283 cm³/mol. The summed E-state index contributed by atoms with van der Waals surface area (Å²) in [5.41, 5.74) is 33.1. The summed E-state index contributed by atoms with van der Waals surface area (Å²) in [5, 5.41) is 50.2. The van der Waals surface area contributed by atoms with Crippen LogP contribution >= 0.6 is 0 Å². The van der Waals surface area contributed by atoms with Gasteiger partial charge in [0.2, 0.25) is 70.9 Å². The Balaban J connectivity index is 6.83. The maximum absolute atomic E-state index is 14.1. The minimum Gasteiger partial charge on any atom is -0.481 e. The first-order chi connectivity index (χ1) is 37.3. The van der Waals surface area contributed by atoms with Crippen LogP contribution in [-0.4, -0.2) is 178 Å². The molecule has 0 unspecified atom stereocenters. The average molecular weight is 1140 g/mol. The zero-order valence-corrected chi connectivity index (χ0v) is 46.1. The molecule has 0 aromatic heterocycles. The molecule has 80 heavy (non-hydrogen) atoms. The molecule has 0 rings (SSSR count). The largest absolute Gasteiger partial charge is 0.481 e. The summed E-state index contributed by atoms with van der Waals surface area (Å²) in [5.74, 6) is -17.9. The van der Waals surface area contributed by atoms with E-state index >= 15 is 0 Å². The van der Waals surface area contributed by atoms with Gasteiger partial charge in [-0.3, -0.25) is 62.3 Å². The van der Waals surface area contributed by atoms with E-state index in [1.54, 1.807) is 34.6 Å². The number of amides is 12. The van der Waals surface area contributed by atoms with E-state index in [-0.39, 0.29) is 57.5 Å². The van der Waals surface area contributed by atoms with Crippen molar-refractivity contribution in [2.24, 2.45) is 52.2 Å². The van der Waals surface area contributed by atoms with Gasteiger partial charge >= 0.3 is 11.9 Å². The van der Waals surface area contributed by atoms with E-state index in [4.69, 9.17) is 34.4 Å². The summed E-state index contributed by atoms with van der Waals surface area (Å²) in [6.45, 7) is 9.13. The minimum absolute atomic E-state index is 0.0988. The molecule has 0 saturated heterocycles. The lowest BCUT2D eigenvalue weighted by atomic mass is 9.97. The van der Waals surface area contributed by atoms with Crippen LogP contribution in [0.4, 0.5) is 0 Å². The van der Waals surface area contributed by atoms with Crippen molar-refractivity contribution in [3.8, 4) is 0 Å². The molecule has 0 saturated carbocycles. The number of carboxylic acid groups (broad SMARTS) is 2. The molecule has 0 aliphatic carbocycles. The van der Waals surface area contributed by atoms with Crippen LogP contribution in [0.25, 0.3) is 0 Å². The van der Waals surface area contributed by atoms with Crippen LogP contribution in [0.5, 0.6) is 0 Å². The maximum atomic E-state index is 14.1. The molecule has 0 spiro atoms. The first-order valence-electron chi connectivity index (χ1n) is 26.1. The number of aliphatic carboxylic acids is 2. The van der Waals surface area contributed by atoms with Gasteiger partial charge in [-0.05, 0) is 75.8 Å². The molecule has 24 N–H and O–H groups in total. The number of carbonyl (C=O) groups excluding carboxylic acids is 12. The quantitative estimate of drug-likeness (QED) is 0.0253. The van der Waals surface area contributed by atoms with Crippen molar-refractivity contribution >= 4 is 82.8 Å². The fraction of sp³-hybridized carbons (Fsp3) is 0.708. The number of carboxylic acids is 2. The standard InChI is InChI=1S/C48H85N15O17/c1-7-24(6)38(63-44(75)31(21-64)61-46(77)37(23(4)5)62-45(76)36(54)22(2)3)47(78)60-29(19-34(53)67)41(72)55-25(12-8-10-16-49)39(70)56-26(14-15-32(51)65)40(71)59-30(20-35(68)69)43(74)58-28(18-33(52)66)42(73)57-27(48(79)80)13-9-11-17-50/h22-31,36-38,64H,7-21,49-50,54H2,1-6H3,(H2,51,65)(H2,52,66)(H2,53,67)(H,55,72)(H,56,70)(H,57,73)(H,58,74)(H,59,71)(H,60,78)(H,61,77)(H,62,76)(H,63,75)(H,68,69)(H,79,80)/t24-,25-,26-,27-,28-,29-,30-,31-,36-,37-,38-/m0/s1. The number of nitrogens with one attached hydrogen (secondary N) is 9. The Morgan fingerprint density at radius 1 is 0.412 bits per heavy atom. The van der Waals surface area contributed by atoms with Crippen LogP contribution in [0.15, 0.2) is 0 Å². The predicted octanol–water partition coefficient (Wildman–Crippen LogP) is -7.14. The highest BCUT2D eigenvalue weighted by molar-refractivity contribution is 6.00. The first kappa shape index (κ1) is 72.4. The van der Waals surface area contributed by atoms with Gasteiger partial charge in [0, 0.05) is 6.42 Å². The third kappa shape index (κ3) is 27.3. The van der Waals surface area contributed by atoms with E-state index in [0.717, 1.165) is 0 Å². The van der Waals surface area contributed by atoms with E-state index in [1.165, 1.54) is 6.92 Å². The molecule has 0 aromatic carbocycles. The lowest BCUT2D eigenvalue weighted by Crippen LogP contribution is -2.62. The normalized spacial score (nSPS) is 15.2. The zero-order valence-electron chi connectivity index (χ0n) is 46.1. The van der Waals surface area contributed by atoms with Crippen molar-refractivity contribution in [3.63, 3.8) is 0 Å². The molecular formula is C48H85N15O17. The van der Waals surface area contributed by atoms with Gasteiger partial charge in [-0.25, -0.2) is 4.79 Å². The van der Waals surface area contributed by atoms with Crippen molar-refractivity contribution in [2.75, 3.05) is 19.7 Å². The Morgan fingerprint density at radius 2 is 0.775 bits per heavy atom. The number of hydrogen-bond acceptors (Lipinski definition) is 18. The van der Waals surface area contributed by atoms with E-state index in [2.05, 4.69) is 47.9 Å². The number of aliphatic hydroxyl groups excluding tert-OH is 1.